The first-order valence-corrected chi connectivity index (χ1v) is 10.2. The Bertz CT molecular complexity index is 294. The second-order valence-electron chi connectivity index (χ2n) is 5.64. The first-order chi connectivity index (χ1) is 9.80. The predicted molar refractivity (Wildman–Crippen MR) is 90.4 cm³/mol. The van der Waals surface area contributed by atoms with Gasteiger partial charge in [-0.25, -0.2) is 8.42 Å². The van der Waals surface area contributed by atoms with Gasteiger partial charge in [0.1, 0.15) is 0 Å². The van der Waals surface area contributed by atoms with E-state index in [1.807, 2.05) is 0 Å². The molecule has 0 bridgehead atoms. The van der Waals surface area contributed by atoms with Crippen molar-refractivity contribution in [1.82, 2.24) is 0 Å². The molecule has 5 heteroatoms. The fourth-order valence-electron chi connectivity index (χ4n) is 2.40. The van der Waals surface area contributed by atoms with Crippen molar-refractivity contribution < 1.29 is 17.5 Å². The molecule has 0 N–H and O–H groups in total. The van der Waals surface area contributed by atoms with Gasteiger partial charge in [-0.05, 0) is 34.1 Å². The molecule has 0 aliphatic carbocycles. The highest BCUT2D eigenvalue weighted by Gasteiger charge is 2.16. The second kappa shape index (κ2) is 13.5. The van der Waals surface area contributed by atoms with Crippen LogP contribution in [-0.4, -0.2) is 49.4 Å². The molecule has 0 fully saturated rings. The predicted octanol–water partition coefficient (Wildman–Crippen LogP) is 3.77. The lowest BCUT2D eigenvalue weighted by Gasteiger charge is -2.34. The summed E-state index contributed by atoms with van der Waals surface area (Å²) >= 11 is 0. The van der Waals surface area contributed by atoms with E-state index in [2.05, 4.69) is 34.6 Å². The zero-order valence-corrected chi connectivity index (χ0v) is 15.7. The lowest BCUT2D eigenvalue weighted by Crippen LogP contribution is -2.47. The van der Waals surface area contributed by atoms with Crippen LogP contribution in [0.25, 0.3) is 0 Å². The molecule has 0 aliphatic rings. The molecule has 21 heavy (non-hydrogen) atoms. The lowest BCUT2D eigenvalue weighted by atomic mass is 10.1. The number of nitrogens with zero attached hydrogens (tertiary/aromatic N) is 1. The number of hydrogen-bond donors (Lipinski definition) is 0. The van der Waals surface area contributed by atoms with Crippen molar-refractivity contribution in [2.75, 3.05) is 31.9 Å². The van der Waals surface area contributed by atoms with Gasteiger partial charge in [-0.15, -0.1) is 0 Å². The summed E-state index contributed by atoms with van der Waals surface area (Å²) < 4.78 is 31.8. The second-order valence-corrected chi connectivity index (χ2v) is 7.16. The van der Waals surface area contributed by atoms with Crippen molar-refractivity contribution in [3.8, 4) is 0 Å². The highest BCUT2D eigenvalue weighted by molar-refractivity contribution is 7.85. The van der Waals surface area contributed by atoms with Gasteiger partial charge in [0.05, 0.1) is 36.3 Å². The Labute approximate surface area is 133 Å². The van der Waals surface area contributed by atoms with Crippen LogP contribution >= 0.6 is 0 Å². The Morgan fingerprint density at radius 3 is 1.38 bits per heavy atom. The largest absolute Gasteiger partial charge is 0.748 e. The Morgan fingerprint density at radius 1 is 0.714 bits per heavy atom. The monoisotopic (exact) mass is 323 g/mol. The smallest absolute Gasteiger partial charge is 0.0945 e. The van der Waals surface area contributed by atoms with E-state index < -0.39 is 10.1 Å². The lowest BCUT2D eigenvalue weighted by molar-refractivity contribution is -0.921. The van der Waals surface area contributed by atoms with Gasteiger partial charge < -0.3 is 9.04 Å². The number of quaternary nitrogens is 1. The molecule has 0 aliphatic heterocycles. The molecule has 0 rings (SSSR count). The van der Waals surface area contributed by atoms with Crippen molar-refractivity contribution in [2.24, 2.45) is 0 Å². The normalized spacial score (nSPS) is 11.9. The van der Waals surface area contributed by atoms with Gasteiger partial charge >= 0.3 is 0 Å². The number of hydrogen-bond acceptors (Lipinski definition) is 3. The summed E-state index contributed by atoms with van der Waals surface area (Å²) in [6.07, 6.45) is 5.96. The number of rotatable bonds is 11. The maximum Gasteiger partial charge on any atom is 0.0945 e. The molecule has 0 aromatic heterocycles. The molecule has 0 spiro atoms. The summed E-state index contributed by atoms with van der Waals surface area (Å²) in [5, 5.41) is 0. The van der Waals surface area contributed by atoms with Crippen molar-refractivity contribution in [3.05, 3.63) is 0 Å². The fraction of sp³-hybridized carbons (Fsp3) is 1.00. The average molecular weight is 324 g/mol. The summed E-state index contributed by atoms with van der Waals surface area (Å²) in [6, 6.07) is 0. The van der Waals surface area contributed by atoms with Crippen LogP contribution < -0.4 is 0 Å². The van der Waals surface area contributed by atoms with Gasteiger partial charge in [-0.2, -0.15) is 0 Å². The SMILES string of the molecule is CCCCCCCCS(=O)(=O)[O-].CC[N+](CC)(CC)CC. The zero-order chi connectivity index (χ0) is 16.8. The third-order valence-corrected chi connectivity index (χ3v) is 5.22. The average Bonchev–Trinajstić information content (AvgIpc) is 2.45. The van der Waals surface area contributed by atoms with E-state index in [1.165, 1.54) is 43.5 Å². The zero-order valence-electron chi connectivity index (χ0n) is 14.9. The van der Waals surface area contributed by atoms with E-state index in [9.17, 15) is 13.0 Å². The van der Waals surface area contributed by atoms with Gasteiger partial charge in [0.2, 0.25) is 0 Å². The highest BCUT2D eigenvalue weighted by atomic mass is 32.2. The van der Waals surface area contributed by atoms with Crippen LogP contribution in [0, 0.1) is 0 Å². The molecule has 0 aromatic rings. The van der Waals surface area contributed by atoms with Crippen molar-refractivity contribution in [3.63, 3.8) is 0 Å². The minimum Gasteiger partial charge on any atom is -0.748 e. The van der Waals surface area contributed by atoms with E-state index in [0.29, 0.717) is 6.42 Å². The summed E-state index contributed by atoms with van der Waals surface area (Å²) in [4.78, 5) is 0. The van der Waals surface area contributed by atoms with E-state index in [-0.39, 0.29) is 5.75 Å². The maximum absolute atomic E-state index is 10.2. The maximum atomic E-state index is 10.2. The Kier molecular flexibility index (Phi) is 14.9. The quantitative estimate of drug-likeness (QED) is 0.330. The van der Waals surface area contributed by atoms with Crippen LogP contribution in [0.3, 0.4) is 0 Å². The van der Waals surface area contributed by atoms with Gasteiger partial charge in [0, 0.05) is 5.75 Å². The van der Waals surface area contributed by atoms with E-state index in [1.54, 1.807) is 0 Å². The van der Waals surface area contributed by atoms with Gasteiger partial charge in [-0.1, -0.05) is 39.0 Å². The first kappa shape index (κ1) is 23.1. The Hall–Kier alpha value is -0.130. The molecular formula is C16H37NO3S. The third-order valence-electron chi connectivity index (χ3n) is 4.43. The summed E-state index contributed by atoms with van der Waals surface area (Å²) in [6.45, 7) is 16.3. The Morgan fingerprint density at radius 2 is 1.10 bits per heavy atom. The highest BCUT2D eigenvalue weighted by Crippen LogP contribution is 2.05. The molecule has 0 amide bonds. The molecule has 0 saturated heterocycles. The molecule has 130 valence electrons. The van der Waals surface area contributed by atoms with Crippen LogP contribution in [0.5, 0.6) is 0 Å². The van der Waals surface area contributed by atoms with Crippen LogP contribution in [0.15, 0.2) is 0 Å². The molecule has 0 aromatic carbocycles. The van der Waals surface area contributed by atoms with Crippen molar-refractivity contribution in [1.29, 1.82) is 0 Å². The minimum atomic E-state index is -3.97. The first-order valence-electron chi connectivity index (χ1n) is 8.59. The van der Waals surface area contributed by atoms with Crippen LogP contribution in [0.1, 0.15) is 73.1 Å². The molecule has 0 saturated carbocycles. The standard InChI is InChI=1S/C8H20N.C8H18O3S/c1-5-9(6-2,7-3)8-4;1-2-3-4-5-6-7-8-12(9,10)11/h5-8H2,1-4H3;2-8H2,1H3,(H,9,10,11)/q+1;/p-1. The molecule has 0 heterocycles. The van der Waals surface area contributed by atoms with E-state index >= 15 is 0 Å². The van der Waals surface area contributed by atoms with E-state index in [0.717, 1.165) is 19.3 Å². The Balaban J connectivity index is 0. The molecule has 4 nitrogen and oxygen atoms in total. The molecular weight excluding hydrogens is 286 g/mol. The molecule has 0 unspecified atom stereocenters. The fourth-order valence-corrected chi connectivity index (χ4v) is 2.96. The summed E-state index contributed by atoms with van der Waals surface area (Å²) in [5.41, 5.74) is 0. The van der Waals surface area contributed by atoms with Crippen LogP contribution in [0.2, 0.25) is 0 Å². The van der Waals surface area contributed by atoms with Crippen LogP contribution in [-0.2, 0) is 10.1 Å². The molecule has 0 atom stereocenters. The van der Waals surface area contributed by atoms with Crippen molar-refractivity contribution in [2.45, 2.75) is 73.1 Å². The summed E-state index contributed by atoms with van der Waals surface area (Å²) in [7, 11) is -3.97. The van der Waals surface area contributed by atoms with Gasteiger partial charge in [-0.3, -0.25) is 0 Å². The summed E-state index contributed by atoms with van der Waals surface area (Å²) in [5.74, 6) is -0.195. The van der Waals surface area contributed by atoms with E-state index in [4.69, 9.17) is 0 Å². The molecule has 0 radical (unpaired) electrons. The van der Waals surface area contributed by atoms with Crippen molar-refractivity contribution >= 4 is 10.1 Å². The minimum absolute atomic E-state index is 0.195. The third kappa shape index (κ3) is 14.6. The van der Waals surface area contributed by atoms with Gasteiger partial charge in [0.15, 0.2) is 0 Å². The van der Waals surface area contributed by atoms with Crippen LogP contribution in [0.4, 0.5) is 0 Å². The topological polar surface area (TPSA) is 57.2 Å². The van der Waals surface area contributed by atoms with Gasteiger partial charge in [0.25, 0.3) is 0 Å². The number of unbranched alkanes of at least 4 members (excludes halogenated alkanes) is 5.